The van der Waals surface area contributed by atoms with Gasteiger partial charge in [-0.1, -0.05) is 11.6 Å². The third kappa shape index (κ3) is 3.55. The maximum Gasteiger partial charge on any atom is 0.251 e. The first-order valence-electron chi connectivity index (χ1n) is 6.82. The number of benzene rings is 1. The first-order chi connectivity index (χ1) is 10.7. The second-order valence-corrected chi connectivity index (χ2v) is 5.96. The molecule has 0 saturated carbocycles. The molecule has 3 rings (SSSR count). The van der Waals surface area contributed by atoms with E-state index in [0.717, 1.165) is 11.3 Å². The predicted octanol–water partition coefficient (Wildman–Crippen LogP) is 3.70. The highest BCUT2D eigenvalue weighted by molar-refractivity contribution is 7.08. The van der Waals surface area contributed by atoms with E-state index in [-0.39, 0.29) is 5.91 Å². The van der Waals surface area contributed by atoms with Gasteiger partial charge in [0.1, 0.15) is 0 Å². The van der Waals surface area contributed by atoms with E-state index in [1.807, 2.05) is 28.4 Å². The molecule has 3 aromatic rings. The Labute approximate surface area is 137 Å². The summed E-state index contributed by atoms with van der Waals surface area (Å²) in [6.45, 7) is 1.15. The molecule has 1 amide bonds. The van der Waals surface area contributed by atoms with Crippen molar-refractivity contribution in [3.8, 4) is 11.3 Å². The van der Waals surface area contributed by atoms with Gasteiger partial charge in [0, 0.05) is 34.3 Å². The van der Waals surface area contributed by atoms with Crippen LogP contribution < -0.4 is 5.32 Å². The van der Waals surface area contributed by atoms with E-state index >= 15 is 0 Å². The van der Waals surface area contributed by atoms with E-state index in [0.29, 0.717) is 23.7 Å². The molecule has 0 saturated heterocycles. The average molecular weight is 332 g/mol. The van der Waals surface area contributed by atoms with Gasteiger partial charge in [-0.3, -0.25) is 9.48 Å². The Hall–Kier alpha value is -2.11. The summed E-state index contributed by atoms with van der Waals surface area (Å²) in [6.07, 6.45) is 1.92. The van der Waals surface area contributed by atoms with Crippen LogP contribution in [0.1, 0.15) is 10.4 Å². The fourth-order valence-corrected chi connectivity index (χ4v) is 2.81. The second-order valence-electron chi connectivity index (χ2n) is 4.74. The predicted molar refractivity (Wildman–Crippen MR) is 89.3 cm³/mol. The van der Waals surface area contributed by atoms with E-state index in [1.165, 1.54) is 0 Å². The largest absolute Gasteiger partial charge is 0.350 e. The lowest BCUT2D eigenvalue weighted by Crippen LogP contribution is -2.27. The summed E-state index contributed by atoms with van der Waals surface area (Å²) in [6, 6.07) is 10.8. The van der Waals surface area contributed by atoms with Crippen molar-refractivity contribution in [2.45, 2.75) is 6.54 Å². The number of hydrogen-bond donors (Lipinski definition) is 1. The van der Waals surface area contributed by atoms with Crippen molar-refractivity contribution >= 4 is 28.8 Å². The van der Waals surface area contributed by atoms with Crippen LogP contribution in [0.4, 0.5) is 0 Å². The minimum atomic E-state index is -0.109. The lowest BCUT2D eigenvalue weighted by Gasteiger charge is -2.05. The zero-order valence-electron chi connectivity index (χ0n) is 11.7. The molecule has 0 radical (unpaired) electrons. The number of nitrogens with one attached hydrogen (secondary N) is 1. The third-order valence-corrected chi connectivity index (χ3v) is 4.13. The first-order valence-corrected chi connectivity index (χ1v) is 8.14. The lowest BCUT2D eigenvalue weighted by molar-refractivity contribution is 0.0952. The lowest BCUT2D eigenvalue weighted by atomic mass is 10.2. The maximum absolute atomic E-state index is 12.0. The molecule has 1 N–H and O–H groups in total. The molecule has 0 aliphatic rings. The molecule has 0 spiro atoms. The van der Waals surface area contributed by atoms with Crippen LogP contribution >= 0.6 is 22.9 Å². The Kier molecular flexibility index (Phi) is 4.56. The van der Waals surface area contributed by atoms with Gasteiger partial charge in [0.05, 0.1) is 12.2 Å². The van der Waals surface area contributed by atoms with Gasteiger partial charge < -0.3 is 5.32 Å². The SMILES string of the molecule is O=C(NCCn1ccc(-c2ccsc2)n1)c1ccc(Cl)cc1. The molecule has 112 valence electrons. The molecule has 0 unspecified atom stereocenters. The fraction of sp³-hybridized carbons (Fsp3) is 0.125. The monoisotopic (exact) mass is 331 g/mol. The van der Waals surface area contributed by atoms with Gasteiger partial charge in [-0.25, -0.2) is 0 Å². The number of aromatic nitrogens is 2. The summed E-state index contributed by atoms with van der Waals surface area (Å²) >= 11 is 7.45. The van der Waals surface area contributed by atoms with Gasteiger partial charge in [0.15, 0.2) is 0 Å². The smallest absolute Gasteiger partial charge is 0.251 e. The first kappa shape index (κ1) is 14.8. The molecule has 1 aromatic carbocycles. The molecule has 0 bridgehead atoms. The number of carbonyl (C=O) groups excluding carboxylic acids is 1. The van der Waals surface area contributed by atoms with Crippen LogP contribution in [-0.2, 0) is 6.54 Å². The summed E-state index contributed by atoms with van der Waals surface area (Å²) in [4.78, 5) is 12.0. The highest BCUT2D eigenvalue weighted by Crippen LogP contribution is 2.19. The van der Waals surface area contributed by atoms with Gasteiger partial charge in [0.25, 0.3) is 5.91 Å². The highest BCUT2D eigenvalue weighted by Gasteiger charge is 2.05. The van der Waals surface area contributed by atoms with Crippen LogP contribution in [-0.4, -0.2) is 22.2 Å². The van der Waals surface area contributed by atoms with E-state index in [2.05, 4.69) is 15.8 Å². The minimum Gasteiger partial charge on any atom is -0.350 e. The zero-order valence-corrected chi connectivity index (χ0v) is 13.3. The fourth-order valence-electron chi connectivity index (χ4n) is 2.04. The summed E-state index contributed by atoms with van der Waals surface area (Å²) in [5, 5.41) is 12.1. The van der Waals surface area contributed by atoms with Crippen molar-refractivity contribution in [1.29, 1.82) is 0 Å². The van der Waals surface area contributed by atoms with Crippen molar-refractivity contribution in [3.05, 3.63) is 63.9 Å². The van der Waals surface area contributed by atoms with Gasteiger partial charge in [-0.15, -0.1) is 0 Å². The van der Waals surface area contributed by atoms with Gasteiger partial charge in [0.2, 0.25) is 0 Å². The van der Waals surface area contributed by atoms with Crippen LogP contribution in [0, 0.1) is 0 Å². The van der Waals surface area contributed by atoms with E-state index in [1.54, 1.807) is 35.6 Å². The Morgan fingerprint density at radius 3 is 2.77 bits per heavy atom. The van der Waals surface area contributed by atoms with Crippen molar-refractivity contribution in [1.82, 2.24) is 15.1 Å². The summed E-state index contributed by atoms with van der Waals surface area (Å²) < 4.78 is 1.83. The van der Waals surface area contributed by atoms with Crippen molar-refractivity contribution < 1.29 is 4.79 Å². The summed E-state index contributed by atoms with van der Waals surface area (Å²) in [5.41, 5.74) is 2.67. The van der Waals surface area contributed by atoms with Crippen LogP contribution in [0.3, 0.4) is 0 Å². The molecule has 2 heterocycles. The van der Waals surface area contributed by atoms with Gasteiger partial charge in [-0.05, 0) is 41.8 Å². The number of carbonyl (C=O) groups is 1. The molecule has 2 aromatic heterocycles. The Morgan fingerprint density at radius 1 is 1.23 bits per heavy atom. The van der Waals surface area contributed by atoms with E-state index in [9.17, 15) is 4.79 Å². The van der Waals surface area contributed by atoms with E-state index < -0.39 is 0 Å². The van der Waals surface area contributed by atoms with Crippen LogP contribution in [0.15, 0.2) is 53.4 Å². The van der Waals surface area contributed by atoms with Crippen molar-refractivity contribution in [2.24, 2.45) is 0 Å². The van der Waals surface area contributed by atoms with Gasteiger partial charge in [-0.2, -0.15) is 16.4 Å². The zero-order chi connectivity index (χ0) is 15.4. The average Bonchev–Trinajstić information content (AvgIpc) is 3.19. The second kappa shape index (κ2) is 6.77. The number of hydrogen-bond acceptors (Lipinski definition) is 3. The van der Waals surface area contributed by atoms with Crippen molar-refractivity contribution in [2.75, 3.05) is 6.54 Å². The Bertz CT molecular complexity index is 750. The topological polar surface area (TPSA) is 46.9 Å². The summed E-state index contributed by atoms with van der Waals surface area (Å²) in [5.74, 6) is -0.109. The van der Waals surface area contributed by atoms with Crippen LogP contribution in [0.5, 0.6) is 0 Å². The standard InChI is InChI=1S/C16H14ClN3OS/c17-14-3-1-12(2-4-14)16(21)18-7-9-20-8-5-15(19-20)13-6-10-22-11-13/h1-6,8,10-11H,7,9H2,(H,18,21). The number of rotatable bonds is 5. The number of nitrogens with zero attached hydrogens (tertiary/aromatic N) is 2. The molecule has 6 heteroatoms. The van der Waals surface area contributed by atoms with Crippen molar-refractivity contribution in [3.63, 3.8) is 0 Å². The highest BCUT2D eigenvalue weighted by atomic mass is 35.5. The summed E-state index contributed by atoms with van der Waals surface area (Å²) in [7, 11) is 0. The minimum absolute atomic E-state index is 0.109. The molecule has 0 fully saturated rings. The molecule has 0 atom stereocenters. The molecule has 0 aliphatic heterocycles. The van der Waals surface area contributed by atoms with E-state index in [4.69, 9.17) is 11.6 Å². The number of thiophene rings is 1. The molecule has 4 nitrogen and oxygen atoms in total. The Balaban J connectivity index is 1.53. The molecular formula is C16H14ClN3OS. The quantitative estimate of drug-likeness (QED) is 0.775. The maximum atomic E-state index is 12.0. The normalized spacial score (nSPS) is 10.6. The Morgan fingerprint density at radius 2 is 2.05 bits per heavy atom. The number of amides is 1. The molecule has 0 aliphatic carbocycles. The third-order valence-electron chi connectivity index (χ3n) is 3.19. The van der Waals surface area contributed by atoms with Crippen LogP contribution in [0.2, 0.25) is 5.02 Å². The molecular weight excluding hydrogens is 318 g/mol. The molecule has 22 heavy (non-hydrogen) atoms. The van der Waals surface area contributed by atoms with Gasteiger partial charge >= 0.3 is 0 Å². The number of halogens is 1. The van der Waals surface area contributed by atoms with Crippen LogP contribution in [0.25, 0.3) is 11.3 Å².